The molecule has 0 heterocycles. The summed E-state index contributed by atoms with van der Waals surface area (Å²) in [7, 11) is 1.34. The number of quaternary nitrogens is 1. The second kappa shape index (κ2) is 40.8. The number of nitrogens with zero attached hydrogens (tertiary/aromatic N) is 1. The number of carbonyl (C=O) groups excluding carboxylic acids is 1. The smallest absolute Gasteiger partial charge is 0.306 e. The summed E-state index contributed by atoms with van der Waals surface area (Å²) in [4.78, 5) is 25.1. The van der Waals surface area contributed by atoms with E-state index in [0.717, 1.165) is 32.1 Å². The molecule has 0 aromatic rings. The van der Waals surface area contributed by atoms with Crippen LogP contribution in [-0.2, 0) is 27.9 Å². The minimum Gasteiger partial charge on any atom is -0.756 e. The number of ether oxygens (including phenoxy) is 2. The van der Waals surface area contributed by atoms with Gasteiger partial charge in [-0.05, 0) is 25.3 Å². The van der Waals surface area contributed by atoms with Gasteiger partial charge in [-0.1, -0.05) is 206 Å². The molecule has 0 saturated carbocycles. The first-order valence-electron chi connectivity index (χ1n) is 24.0. The van der Waals surface area contributed by atoms with Gasteiger partial charge >= 0.3 is 5.97 Å². The molecule has 0 bridgehead atoms. The molecule has 9 heteroatoms. The number of esters is 1. The van der Waals surface area contributed by atoms with Gasteiger partial charge in [0.1, 0.15) is 19.8 Å². The van der Waals surface area contributed by atoms with Crippen molar-refractivity contribution in [2.24, 2.45) is 0 Å². The van der Waals surface area contributed by atoms with Crippen LogP contribution in [0.25, 0.3) is 0 Å². The van der Waals surface area contributed by atoms with E-state index in [1.165, 1.54) is 180 Å². The maximum Gasteiger partial charge on any atom is 0.306 e. The van der Waals surface area contributed by atoms with Crippen molar-refractivity contribution in [3.05, 3.63) is 12.3 Å². The van der Waals surface area contributed by atoms with Crippen LogP contribution in [-0.4, -0.2) is 64.1 Å². The molecular formula is C47H94NO7P. The van der Waals surface area contributed by atoms with Crippen LogP contribution in [0.3, 0.4) is 0 Å². The van der Waals surface area contributed by atoms with E-state index in [4.69, 9.17) is 18.5 Å². The predicted molar refractivity (Wildman–Crippen MR) is 236 cm³/mol. The normalized spacial score (nSPS) is 13.7. The van der Waals surface area contributed by atoms with Gasteiger partial charge in [-0.3, -0.25) is 9.36 Å². The number of rotatable bonds is 45. The lowest BCUT2D eigenvalue weighted by molar-refractivity contribution is -0.870. The van der Waals surface area contributed by atoms with Crippen LogP contribution >= 0.6 is 7.82 Å². The lowest BCUT2D eigenvalue weighted by Gasteiger charge is -2.28. The summed E-state index contributed by atoms with van der Waals surface area (Å²) in [5, 5.41) is 0. The predicted octanol–water partition coefficient (Wildman–Crippen LogP) is 13.9. The Hall–Kier alpha value is -0.920. The number of carbonyl (C=O) groups is 1. The summed E-state index contributed by atoms with van der Waals surface area (Å²) >= 11 is 0. The molecule has 0 radical (unpaired) electrons. The summed E-state index contributed by atoms with van der Waals surface area (Å²) < 4.78 is 34.4. The fourth-order valence-corrected chi connectivity index (χ4v) is 7.65. The first-order chi connectivity index (χ1) is 27.1. The van der Waals surface area contributed by atoms with Crippen LogP contribution in [0, 0.1) is 0 Å². The van der Waals surface area contributed by atoms with Crippen molar-refractivity contribution in [1.82, 2.24) is 0 Å². The Bertz CT molecular complexity index is 909. The van der Waals surface area contributed by atoms with E-state index in [-0.39, 0.29) is 25.8 Å². The molecule has 334 valence electrons. The van der Waals surface area contributed by atoms with Crippen molar-refractivity contribution in [3.8, 4) is 0 Å². The first-order valence-corrected chi connectivity index (χ1v) is 25.4. The van der Waals surface area contributed by atoms with Crippen LogP contribution in [0.1, 0.15) is 232 Å². The number of unbranched alkanes of at least 4 members (excludes halogenated alkanes) is 31. The maximum atomic E-state index is 12.7. The zero-order valence-electron chi connectivity index (χ0n) is 37.9. The second-order valence-electron chi connectivity index (χ2n) is 17.6. The molecule has 0 aromatic heterocycles. The van der Waals surface area contributed by atoms with Crippen molar-refractivity contribution in [3.63, 3.8) is 0 Å². The molecule has 56 heavy (non-hydrogen) atoms. The van der Waals surface area contributed by atoms with Gasteiger partial charge in [0.25, 0.3) is 7.82 Å². The van der Waals surface area contributed by atoms with Gasteiger partial charge < -0.3 is 27.9 Å². The van der Waals surface area contributed by atoms with E-state index in [9.17, 15) is 14.3 Å². The quantitative estimate of drug-likeness (QED) is 0.0199. The van der Waals surface area contributed by atoms with E-state index in [0.29, 0.717) is 17.4 Å². The average Bonchev–Trinajstić information content (AvgIpc) is 3.15. The van der Waals surface area contributed by atoms with Gasteiger partial charge in [0.15, 0.2) is 6.10 Å². The van der Waals surface area contributed by atoms with E-state index in [2.05, 4.69) is 13.8 Å². The van der Waals surface area contributed by atoms with Gasteiger partial charge in [0.05, 0.1) is 34.0 Å². The number of hydrogen-bond acceptors (Lipinski definition) is 7. The Labute approximate surface area is 348 Å². The summed E-state index contributed by atoms with van der Waals surface area (Å²) in [6, 6.07) is 0. The standard InChI is InChI=1S/C47H94NO7P/c1-6-8-10-12-14-16-18-20-22-24-25-27-29-31-33-35-37-39-42-52-44-46(45-54-56(50,51)53-43-41-48(3,4)5)55-47(49)40-38-36-34-32-30-28-26-23-21-19-17-15-13-11-9-7-2/h39,42,46H,6-38,40-41,43-45H2,1-5H3/b42-39-/t46-/m1/s1. The highest BCUT2D eigenvalue weighted by molar-refractivity contribution is 7.45. The highest BCUT2D eigenvalue weighted by atomic mass is 31.2. The van der Waals surface area contributed by atoms with Crippen molar-refractivity contribution < 1.29 is 37.3 Å². The Kier molecular flexibility index (Phi) is 40.2. The maximum absolute atomic E-state index is 12.7. The fraction of sp³-hybridized carbons (Fsp3) is 0.936. The van der Waals surface area contributed by atoms with Crippen LogP contribution in [0.5, 0.6) is 0 Å². The minimum absolute atomic E-state index is 0.0204. The van der Waals surface area contributed by atoms with E-state index in [1.54, 1.807) is 6.26 Å². The molecule has 2 atom stereocenters. The molecule has 0 N–H and O–H groups in total. The van der Waals surface area contributed by atoms with Crippen molar-refractivity contribution in [1.29, 1.82) is 0 Å². The van der Waals surface area contributed by atoms with Crippen LogP contribution < -0.4 is 4.89 Å². The Balaban J connectivity index is 4.19. The van der Waals surface area contributed by atoms with Gasteiger partial charge in [-0.15, -0.1) is 0 Å². The average molecular weight is 816 g/mol. The molecule has 0 aliphatic rings. The van der Waals surface area contributed by atoms with E-state index >= 15 is 0 Å². The number of allylic oxidation sites excluding steroid dienone is 1. The monoisotopic (exact) mass is 816 g/mol. The lowest BCUT2D eigenvalue weighted by atomic mass is 10.0. The largest absolute Gasteiger partial charge is 0.756 e. The summed E-state index contributed by atoms with van der Waals surface area (Å²) in [6.07, 6.45) is 46.0. The van der Waals surface area contributed by atoms with Gasteiger partial charge in [0.2, 0.25) is 0 Å². The molecule has 0 rings (SSSR count). The fourth-order valence-electron chi connectivity index (χ4n) is 6.93. The zero-order valence-corrected chi connectivity index (χ0v) is 38.7. The molecule has 0 amide bonds. The topological polar surface area (TPSA) is 94.1 Å². The number of likely N-dealkylation sites (N-methyl/N-ethyl adjacent to an activating group) is 1. The number of phosphoric ester groups is 1. The summed E-state index contributed by atoms with van der Waals surface area (Å²) in [6.45, 7) is 4.78. The summed E-state index contributed by atoms with van der Waals surface area (Å²) in [5.74, 6) is -0.351. The van der Waals surface area contributed by atoms with Crippen LogP contribution in [0.2, 0.25) is 0 Å². The minimum atomic E-state index is -4.54. The summed E-state index contributed by atoms with van der Waals surface area (Å²) in [5.41, 5.74) is 0. The Morgan fingerprint density at radius 2 is 0.929 bits per heavy atom. The lowest BCUT2D eigenvalue weighted by Crippen LogP contribution is -2.37. The molecule has 0 spiro atoms. The highest BCUT2D eigenvalue weighted by Gasteiger charge is 2.20. The zero-order chi connectivity index (χ0) is 41.3. The van der Waals surface area contributed by atoms with Crippen LogP contribution in [0.4, 0.5) is 0 Å². The molecule has 0 aliphatic carbocycles. The number of phosphoric acid groups is 1. The van der Waals surface area contributed by atoms with Crippen molar-refractivity contribution in [2.75, 3.05) is 47.5 Å². The SMILES string of the molecule is CCCCCCCCCCCCCCCCCC/C=C\OC[C@H](COP(=O)([O-])OCC[N+](C)(C)C)OC(=O)CCCCCCCCCCCCCCCCCC. The molecular weight excluding hydrogens is 721 g/mol. The molecule has 1 unspecified atom stereocenters. The van der Waals surface area contributed by atoms with Crippen LogP contribution in [0.15, 0.2) is 12.3 Å². The third kappa shape index (κ3) is 44.2. The second-order valence-corrected chi connectivity index (χ2v) is 19.0. The third-order valence-corrected chi connectivity index (χ3v) is 11.6. The molecule has 0 saturated heterocycles. The van der Waals surface area contributed by atoms with Crippen molar-refractivity contribution >= 4 is 13.8 Å². The Morgan fingerprint density at radius 3 is 1.32 bits per heavy atom. The first kappa shape index (κ1) is 55.1. The molecule has 0 aliphatic heterocycles. The molecule has 0 fully saturated rings. The molecule has 0 aromatic carbocycles. The van der Waals surface area contributed by atoms with E-state index < -0.39 is 13.9 Å². The van der Waals surface area contributed by atoms with Crippen molar-refractivity contribution in [2.45, 2.75) is 238 Å². The van der Waals surface area contributed by atoms with Gasteiger partial charge in [-0.25, -0.2) is 0 Å². The molecule has 8 nitrogen and oxygen atoms in total. The Morgan fingerprint density at radius 1 is 0.554 bits per heavy atom. The number of hydrogen-bond donors (Lipinski definition) is 0. The highest BCUT2D eigenvalue weighted by Crippen LogP contribution is 2.38. The van der Waals surface area contributed by atoms with Gasteiger partial charge in [0, 0.05) is 6.42 Å². The third-order valence-electron chi connectivity index (χ3n) is 10.7. The van der Waals surface area contributed by atoms with Gasteiger partial charge in [-0.2, -0.15) is 0 Å². The van der Waals surface area contributed by atoms with E-state index in [1.807, 2.05) is 27.2 Å².